The lowest BCUT2D eigenvalue weighted by Crippen LogP contribution is -2.69. The normalized spacial score (nSPS) is 28.2. The number of ether oxygens (including phenoxy) is 7. The largest absolute Gasteiger partial charge is 0.472 e. The highest BCUT2D eigenvalue weighted by atomic mass is 31.2. The Kier molecular flexibility index (Phi) is 47.8. The van der Waals surface area contributed by atoms with Crippen molar-refractivity contribution in [3.63, 3.8) is 0 Å². The van der Waals surface area contributed by atoms with Crippen LogP contribution in [-0.2, 0) is 61.2 Å². The van der Waals surface area contributed by atoms with E-state index in [9.17, 15) is 74.9 Å². The highest BCUT2D eigenvalue weighted by molar-refractivity contribution is 7.47. The van der Waals surface area contributed by atoms with Crippen molar-refractivity contribution >= 4 is 25.7 Å². The van der Waals surface area contributed by atoms with Gasteiger partial charge < -0.3 is 89.1 Å². The third-order valence-corrected chi connectivity index (χ3v) is 18.9. The molecule has 25 heteroatoms. The van der Waals surface area contributed by atoms with E-state index in [2.05, 4.69) is 45.1 Å². The van der Waals surface area contributed by atoms with Crippen LogP contribution in [0.1, 0.15) is 271 Å². The zero-order chi connectivity index (χ0) is 69.6. The second-order valence-electron chi connectivity index (χ2n) is 26.3. The first-order valence-electron chi connectivity index (χ1n) is 36.6. The van der Waals surface area contributed by atoms with Gasteiger partial charge in [0.25, 0.3) is 0 Å². The van der Waals surface area contributed by atoms with Crippen LogP contribution in [0.15, 0.2) is 24.3 Å². The maximum absolute atomic E-state index is 14.3. The summed E-state index contributed by atoms with van der Waals surface area (Å²) >= 11 is 0. The van der Waals surface area contributed by atoms with E-state index in [0.717, 1.165) is 109 Å². The molecule has 3 rings (SSSR count). The van der Waals surface area contributed by atoms with Crippen molar-refractivity contribution in [3.8, 4) is 0 Å². The topological polar surface area (TPSA) is 374 Å². The van der Waals surface area contributed by atoms with Crippen LogP contribution in [0.3, 0.4) is 0 Å². The van der Waals surface area contributed by atoms with Crippen LogP contribution in [0, 0.1) is 0 Å². The molecule has 95 heavy (non-hydrogen) atoms. The number of carbonyl (C=O) groups is 3. The summed E-state index contributed by atoms with van der Waals surface area (Å²) in [6.07, 6.45) is 11.2. The van der Waals surface area contributed by atoms with E-state index in [0.29, 0.717) is 25.7 Å². The molecule has 0 aromatic carbocycles. The molecule has 11 N–H and O–H groups in total. The lowest BCUT2D eigenvalue weighted by Gasteiger charge is -2.49. The molecule has 1 saturated carbocycles. The molecule has 2 aliphatic heterocycles. The zero-order valence-corrected chi connectivity index (χ0v) is 58.6. The SMILES string of the molecule is CCCCCC/C=C\CCCCCCCCCC(=O)OCC(COP(=O)(O)OC1C(OC2OC(CO)C(O)C(O)C2O)C(O)C(O)C(O)C1OC1OC(COC(=O)CCCCCCCCCCCCC)C(O)C(O)C1O)OC(=O)CCCCC/C=C\CCCCCCCCC. The molecule has 0 aromatic rings. The van der Waals surface area contributed by atoms with Crippen molar-refractivity contribution in [2.45, 2.75) is 375 Å². The van der Waals surface area contributed by atoms with Crippen LogP contribution in [0.4, 0.5) is 0 Å². The highest BCUT2D eigenvalue weighted by Crippen LogP contribution is 2.49. The van der Waals surface area contributed by atoms with Gasteiger partial charge in [-0.15, -0.1) is 0 Å². The number of allylic oxidation sites excluding steroid dienone is 4. The van der Waals surface area contributed by atoms with E-state index in [-0.39, 0.29) is 19.3 Å². The van der Waals surface area contributed by atoms with Gasteiger partial charge in [-0.25, -0.2) is 4.57 Å². The van der Waals surface area contributed by atoms with Gasteiger partial charge in [-0.3, -0.25) is 23.4 Å². The number of phosphoric acid groups is 1. The van der Waals surface area contributed by atoms with Crippen molar-refractivity contribution in [1.82, 2.24) is 0 Å². The number of aliphatic hydroxyl groups excluding tert-OH is 10. The number of carbonyl (C=O) groups excluding carboxylic acids is 3. The molecule has 2 heterocycles. The number of phosphoric ester groups is 1. The van der Waals surface area contributed by atoms with Gasteiger partial charge in [0.1, 0.15) is 98.7 Å². The molecule has 0 radical (unpaired) electrons. The van der Waals surface area contributed by atoms with Crippen LogP contribution >= 0.6 is 7.82 Å². The van der Waals surface area contributed by atoms with Crippen molar-refractivity contribution in [2.75, 3.05) is 26.4 Å². The van der Waals surface area contributed by atoms with Crippen molar-refractivity contribution < 1.29 is 117 Å². The van der Waals surface area contributed by atoms with Gasteiger partial charge in [-0.1, -0.05) is 206 Å². The Morgan fingerprint density at radius 1 is 0.400 bits per heavy atom. The summed E-state index contributed by atoms with van der Waals surface area (Å²) in [6.45, 7) is 3.38. The van der Waals surface area contributed by atoms with Crippen LogP contribution in [-0.4, -0.2) is 204 Å². The van der Waals surface area contributed by atoms with E-state index in [4.69, 9.17) is 42.2 Å². The van der Waals surface area contributed by atoms with Crippen molar-refractivity contribution in [2.24, 2.45) is 0 Å². The van der Waals surface area contributed by atoms with Crippen LogP contribution in [0.5, 0.6) is 0 Å². The van der Waals surface area contributed by atoms with Gasteiger partial charge in [-0.05, 0) is 70.6 Å². The summed E-state index contributed by atoms with van der Waals surface area (Å²) in [5, 5.41) is 110. The maximum Gasteiger partial charge on any atom is 0.472 e. The molecule has 2 saturated heterocycles. The zero-order valence-electron chi connectivity index (χ0n) is 57.7. The predicted octanol–water partition coefficient (Wildman–Crippen LogP) is 9.35. The van der Waals surface area contributed by atoms with E-state index in [1.165, 1.54) is 96.3 Å². The fraction of sp³-hybridized carbons (Fsp3) is 0.900. The van der Waals surface area contributed by atoms with E-state index < -0.39 is 156 Å². The van der Waals surface area contributed by atoms with Gasteiger partial charge in [0.05, 0.1) is 13.2 Å². The average Bonchev–Trinajstić information content (AvgIpc) is 0.765. The Morgan fingerprint density at radius 3 is 1.16 bits per heavy atom. The van der Waals surface area contributed by atoms with E-state index in [1.54, 1.807) is 0 Å². The minimum absolute atomic E-state index is 0.0297. The van der Waals surface area contributed by atoms with Crippen LogP contribution < -0.4 is 0 Å². The molecule has 0 aromatic heterocycles. The number of esters is 3. The molecule has 24 nitrogen and oxygen atoms in total. The maximum atomic E-state index is 14.3. The van der Waals surface area contributed by atoms with Gasteiger partial charge >= 0.3 is 25.7 Å². The first-order valence-corrected chi connectivity index (χ1v) is 38.1. The molecular weight excluding hydrogens is 1260 g/mol. The Hall–Kier alpha value is -2.56. The van der Waals surface area contributed by atoms with Crippen molar-refractivity contribution in [3.05, 3.63) is 24.3 Å². The first-order chi connectivity index (χ1) is 45.8. The molecule has 1 aliphatic carbocycles. The van der Waals surface area contributed by atoms with Crippen molar-refractivity contribution in [1.29, 1.82) is 0 Å². The second-order valence-corrected chi connectivity index (χ2v) is 27.7. The molecule has 556 valence electrons. The number of hydrogen-bond donors (Lipinski definition) is 11. The van der Waals surface area contributed by atoms with Gasteiger partial charge in [0.2, 0.25) is 0 Å². The fourth-order valence-electron chi connectivity index (χ4n) is 11.9. The standard InChI is InChI=1S/C70H127O24P/c1-4-7-10-13-16-19-22-24-26-28-30-33-35-38-41-44-54(72)86-48-51(89-56(74)46-43-40-37-34-31-27-25-23-20-17-14-11-8-5-2)49-88-95(84,85)94-68-66(92-69-64(82)59(77)57(75)52(47-71)90-69)62(80)61(79)63(81)67(68)93-70-65(83)60(78)58(76)53(91-70)50-87-55(73)45-42-39-36-32-29-21-18-15-12-9-6-3/h19,22,27,31,51-53,57-71,75-83H,4-18,20-21,23-26,28-30,32-50H2,1-3H3,(H,84,85)/b22-19-,31-27-. The third kappa shape index (κ3) is 36.1. The monoisotopic (exact) mass is 1380 g/mol. The molecule has 0 amide bonds. The molecule has 18 unspecified atom stereocenters. The van der Waals surface area contributed by atoms with Gasteiger partial charge in [-0.2, -0.15) is 0 Å². The molecule has 3 aliphatic rings. The lowest BCUT2D eigenvalue weighted by molar-refractivity contribution is -0.360. The minimum atomic E-state index is -5.70. The third-order valence-electron chi connectivity index (χ3n) is 18.0. The Bertz CT molecular complexity index is 2070. The summed E-state index contributed by atoms with van der Waals surface area (Å²) in [5.41, 5.74) is 0. The summed E-state index contributed by atoms with van der Waals surface area (Å²) < 4.78 is 64.9. The number of rotatable bonds is 56. The highest BCUT2D eigenvalue weighted by Gasteiger charge is 2.58. The summed E-state index contributed by atoms with van der Waals surface area (Å²) in [4.78, 5) is 50.9. The average molecular weight is 1380 g/mol. The number of aliphatic hydroxyl groups is 10. The first kappa shape index (κ1) is 86.7. The second kappa shape index (κ2) is 52.4. The summed E-state index contributed by atoms with van der Waals surface area (Å²) in [5.74, 6) is -2.01. The molecule has 0 bridgehead atoms. The summed E-state index contributed by atoms with van der Waals surface area (Å²) in [6, 6.07) is 0. The fourth-order valence-corrected chi connectivity index (χ4v) is 12.9. The van der Waals surface area contributed by atoms with Gasteiger partial charge in [0, 0.05) is 19.3 Å². The molecule has 0 spiro atoms. The minimum Gasteiger partial charge on any atom is -0.463 e. The number of hydrogen-bond acceptors (Lipinski definition) is 23. The molecule has 3 fully saturated rings. The Labute approximate surface area is 566 Å². The summed E-state index contributed by atoms with van der Waals surface area (Å²) in [7, 11) is -5.70. The number of unbranched alkanes of at least 4 members (excludes halogenated alkanes) is 31. The Balaban J connectivity index is 1.76. The lowest BCUT2D eigenvalue weighted by atomic mass is 9.84. The van der Waals surface area contributed by atoms with Crippen LogP contribution in [0.25, 0.3) is 0 Å². The van der Waals surface area contributed by atoms with E-state index >= 15 is 0 Å². The molecule has 18 atom stereocenters. The quantitative estimate of drug-likeness (QED) is 0.00887. The molecular formula is C70H127O24P. The smallest absolute Gasteiger partial charge is 0.463 e. The van der Waals surface area contributed by atoms with E-state index in [1.807, 2.05) is 0 Å². The predicted molar refractivity (Wildman–Crippen MR) is 356 cm³/mol. The Morgan fingerprint density at radius 2 is 0.737 bits per heavy atom. The van der Waals surface area contributed by atoms with Gasteiger partial charge in [0.15, 0.2) is 18.7 Å². The van der Waals surface area contributed by atoms with Crippen LogP contribution in [0.2, 0.25) is 0 Å².